The second kappa shape index (κ2) is 8.72. The maximum Gasteiger partial charge on any atom is 0.233 e. The number of hydrogen-bond donors (Lipinski definition) is 1. The van der Waals surface area contributed by atoms with E-state index in [9.17, 15) is 4.79 Å². The molecule has 0 heterocycles. The summed E-state index contributed by atoms with van der Waals surface area (Å²) in [5.74, 6) is 6.15. The van der Waals surface area contributed by atoms with Gasteiger partial charge in [-0.15, -0.1) is 0 Å². The van der Waals surface area contributed by atoms with Crippen molar-refractivity contribution in [2.75, 3.05) is 6.54 Å². The van der Waals surface area contributed by atoms with Gasteiger partial charge in [0.15, 0.2) is 0 Å². The zero-order chi connectivity index (χ0) is 11.7. The first-order valence-electron chi connectivity index (χ1n) is 6.10. The standard InChI is InChI=1S/C12H26N2O/c1-4-5-6-7-8-11(2)9-10-14(13)12(3)15/h11H,4-10,13H2,1-3H3/t11-/m1/s1. The lowest BCUT2D eigenvalue weighted by atomic mass is 9.99. The third kappa shape index (κ3) is 8.43. The van der Waals surface area contributed by atoms with Crippen molar-refractivity contribution < 1.29 is 4.79 Å². The summed E-state index contributed by atoms with van der Waals surface area (Å²) in [6.45, 7) is 6.65. The Labute approximate surface area is 94.0 Å². The van der Waals surface area contributed by atoms with Crippen LogP contribution in [0, 0.1) is 5.92 Å². The highest BCUT2D eigenvalue weighted by atomic mass is 16.2. The van der Waals surface area contributed by atoms with Crippen LogP contribution in [-0.2, 0) is 4.79 Å². The number of hydrogen-bond acceptors (Lipinski definition) is 2. The zero-order valence-electron chi connectivity index (χ0n) is 10.5. The van der Waals surface area contributed by atoms with E-state index in [1.807, 2.05) is 0 Å². The fourth-order valence-corrected chi connectivity index (χ4v) is 1.58. The number of nitrogens with two attached hydrogens (primary N) is 1. The van der Waals surface area contributed by atoms with Crippen molar-refractivity contribution in [3.8, 4) is 0 Å². The van der Waals surface area contributed by atoms with E-state index in [-0.39, 0.29) is 5.91 Å². The van der Waals surface area contributed by atoms with Gasteiger partial charge in [0.25, 0.3) is 0 Å². The lowest BCUT2D eigenvalue weighted by Crippen LogP contribution is -2.36. The molecule has 15 heavy (non-hydrogen) atoms. The number of hydrazine groups is 1. The average Bonchev–Trinajstić information content (AvgIpc) is 2.20. The number of carbonyl (C=O) groups excluding carboxylic acids is 1. The van der Waals surface area contributed by atoms with E-state index in [1.165, 1.54) is 44.0 Å². The molecule has 0 spiro atoms. The van der Waals surface area contributed by atoms with Crippen LogP contribution in [0.4, 0.5) is 0 Å². The third-order valence-corrected chi connectivity index (χ3v) is 2.82. The molecular weight excluding hydrogens is 188 g/mol. The second-order valence-corrected chi connectivity index (χ2v) is 4.46. The maximum atomic E-state index is 10.9. The highest BCUT2D eigenvalue weighted by Gasteiger charge is 2.06. The molecule has 0 aliphatic carbocycles. The Bertz CT molecular complexity index is 171. The first kappa shape index (κ1) is 14.4. The lowest BCUT2D eigenvalue weighted by molar-refractivity contribution is -0.129. The number of nitrogens with zero attached hydrogens (tertiary/aromatic N) is 1. The fraction of sp³-hybridized carbons (Fsp3) is 0.917. The van der Waals surface area contributed by atoms with Crippen molar-refractivity contribution in [3.05, 3.63) is 0 Å². The zero-order valence-corrected chi connectivity index (χ0v) is 10.5. The SMILES string of the molecule is CCCCCC[C@@H](C)CCN(N)C(C)=O. The Morgan fingerprint density at radius 2 is 1.93 bits per heavy atom. The normalized spacial score (nSPS) is 12.5. The molecule has 2 N–H and O–H groups in total. The quantitative estimate of drug-likeness (QED) is 0.292. The molecule has 0 aliphatic heterocycles. The minimum Gasteiger partial charge on any atom is -0.281 e. The van der Waals surface area contributed by atoms with Crippen LogP contribution in [-0.4, -0.2) is 17.5 Å². The highest BCUT2D eigenvalue weighted by molar-refractivity contribution is 5.72. The summed E-state index contributed by atoms with van der Waals surface area (Å²) in [5.41, 5.74) is 0. The summed E-state index contributed by atoms with van der Waals surface area (Å²) in [5, 5.41) is 1.31. The van der Waals surface area contributed by atoms with Gasteiger partial charge in [0.05, 0.1) is 0 Å². The molecule has 0 aromatic carbocycles. The molecule has 0 saturated heterocycles. The summed E-state index contributed by atoms with van der Waals surface area (Å²) in [4.78, 5) is 10.9. The topological polar surface area (TPSA) is 46.3 Å². The van der Waals surface area contributed by atoms with Crippen LogP contribution < -0.4 is 5.84 Å². The van der Waals surface area contributed by atoms with Crippen LogP contribution in [0.1, 0.15) is 59.3 Å². The summed E-state index contributed by atoms with van der Waals surface area (Å²) in [6.07, 6.45) is 7.53. The first-order chi connectivity index (χ1) is 7.07. The van der Waals surface area contributed by atoms with Gasteiger partial charge in [0.1, 0.15) is 0 Å². The summed E-state index contributed by atoms with van der Waals surface area (Å²) < 4.78 is 0. The van der Waals surface area contributed by atoms with Gasteiger partial charge in [-0.2, -0.15) is 0 Å². The van der Waals surface area contributed by atoms with E-state index >= 15 is 0 Å². The number of unbranched alkanes of at least 4 members (excludes halogenated alkanes) is 3. The molecule has 0 aromatic rings. The Hall–Kier alpha value is -0.570. The van der Waals surface area contributed by atoms with E-state index in [0.717, 1.165) is 6.42 Å². The van der Waals surface area contributed by atoms with Gasteiger partial charge in [0.2, 0.25) is 5.91 Å². The molecule has 0 rings (SSSR count). The van der Waals surface area contributed by atoms with Gasteiger partial charge < -0.3 is 0 Å². The molecule has 0 aliphatic rings. The average molecular weight is 214 g/mol. The van der Waals surface area contributed by atoms with Crippen molar-refractivity contribution in [1.82, 2.24) is 5.01 Å². The Balaban J connectivity index is 3.40. The van der Waals surface area contributed by atoms with Crippen molar-refractivity contribution in [3.63, 3.8) is 0 Å². The van der Waals surface area contributed by atoms with Crippen LogP contribution in [0.5, 0.6) is 0 Å². The Morgan fingerprint density at radius 1 is 1.27 bits per heavy atom. The van der Waals surface area contributed by atoms with E-state index < -0.39 is 0 Å². The van der Waals surface area contributed by atoms with Crippen LogP contribution in [0.3, 0.4) is 0 Å². The van der Waals surface area contributed by atoms with E-state index in [0.29, 0.717) is 12.5 Å². The van der Waals surface area contributed by atoms with Crippen LogP contribution >= 0.6 is 0 Å². The molecule has 3 nitrogen and oxygen atoms in total. The van der Waals surface area contributed by atoms with Gasteiger partial charge in [-0.05, 0) is 12.3 Å². The summed E-state index contributed by atoms with van der Waals surface area (Å²) >= 11 is 0. The monoisotopic (exact) mass is 214 g/mol. The van der Waals surface area contributed by atoms with Gasteiger partial charge in [-0.1, -0.05) is 46.0 Å². The molecule has 90 valence electrons. The number of amides is 1. The minimum atomic E-state index is -0.0480. The molecule has 0 bridgehead atoms. The van der Waals surface area contributed by atoms with Crippen LogP contribution in [0.2, 0.25) is 0 Å². The first-order valence-corrected chi connectivity index (χ1v) is 6.10. The van der Waals surface area contributed by atoms with E-state index in [2.05, 4.69) is 13.8 Å². The smallest absolute Gasteiger partial charge is 0.233 e. The van der Waals surface area contributed by atoms with E-state index in [1.54, 1.807) is 0 Å². The highest BCUT2D eigenvalue weighted by Crippen LogP contribution is 2.13. The molecule has 0 saturated carbocycles. The van der Waals surface area contributed by atoms with Crippen molar-refractivity contribution in [1.29, 1.82) is 0 Å². The van der Waals surface area contributed by atoms with Crippen LogP contribution in [0.25, 0.3) is 0 Å². The largest absolute Gasteiger partial charge is 0.281 e. The van der Waals surface area contributed by atoms with Gasteiger partial charge >= 0.3 is 0 Å². The predicted octanol–water partition coefficient (Wildman–Crippen LogP) is 2.71. The lowest BCUT2D eigenvalue weighted by Gasteiger charge is -2.17. The van der Waals surface area contributed by atoms with E-state index in [4.69, 9.17) is 5.84 Å². The molecule has 0 fully saturated rings. The Kier molecular flexibility index (Phi) is 8.38. The number of carbonyl (C=O) groups is 1. The molecule has 0 unspecified atom stereocenters. The maximum absolute atomic E-state index is 10.9. The molecule has 1 amide bonds. The summed E-state index contributed by atoms with van der Waals surface area (Å²) in [7, 11) is 0. The third-order valence-electron chi connectivity index (χ3n) is 2.82. The van der Waals surface area contributed by atoms with Crippen molar-refractivity contribution >= 4 is 5.91 Å². The van der Waals surface area contributed by atoms with Gasteiger partial charge in [0, 0.05) is 13.5 Å². The second-order valence-electron chi connectivity index (χ2n) is 4.46. The molecule has 0 radical (unpaired) electrons. The fourth-order valence-electron chi connectivity index (χ4n) is 1.58. The Morgan fingerprint density at radius 3 is 2.47 bits per heavy atom. The van der Waals surface area contributed by atoms with Crippen LogP contribution in [0.15, 0.2) is 0 Å². The van der Waals surface area contributed by atoms with Gasteiger partial charge in [-0.3, -0.25) is 9.80 Å². The summed E-state index contributed by atoms with van der Waals surface area (Å²) in [6, 6.07) is 0. The van der Waals surface area contributed by atoms with Crippen molar-refractivity contribution in [2.24, 2.45) is 11.8 Å². The van der Waals surface area contributed by atoms with Gasteiger partial charge in [-0.25, -0.2) is 5.84 Å². The molecule has 0 aromatic heterocycles. The van der Waals surface area contributed by atoms with Crippen molar-refractivity contribution in [2.45, 2.75) is 59.3 Å². The molecule has 3 heteroatoms. The molecular formula is C12H26N2O. The predicted molar refractivity (Wildman–Crippen MR) is 64.1 cm³/mol. The molecule has 1 atom stereocenters. The number of rotatable bonds is 8. The minimum absolute atomic E-state index is 0.0480.